The van der Waals surface area contributed by atoms with Crippen molar-refractivity contribution >= 4 is 5.69 Å². The molecule has 0 bridgehead atoms. The highest BCUT2D eigenvalue weighted by atomic mass is 16.5. The van der Waals surface area contributed by atoms with Crippen LogP contribution < -0.4 is 10.6 Å². The molecule has 0 aliphatic carbocycles. The van der Waals surface area contributed by atoms with E-state index in [1.54, 1.807) is 7.11 Å². The Morgan fingerprint density at radius 1 is 1.40 bits per heavy atom. The number of hydrogen-bond donors (Lipinski definition) is 1. The fourth-order valence-electron chi connectivity index (χ4n) is 1.71. The lowest BCUT2D eigenvalue weighted by molar-refractivity contribution is 0.181. The molecule has 1 unspecified atom stereocenters. The zero-order valence-corrected chi connectivity index (χ0v) is 9.73. The molecular formula is C12H20N2O. The van der Waals surface area contributed by atoms with Crippen molar-refractivity contribution in [3.8, 4) is 0 Å². The van der Waals surface area contributed by atoms with E-state index in [0.29, 0.717) is 6.61 Å². The van der Waals surface area contributed by atoms with Crippen LogP contribution >= 0.6 is 0 Å². The third-order valence-corrected chi connectivity index (χ3v) is 2.42. The number of rotatable bonds is 5. The van der Waals surface area contributed by atoms with Crippen LogP contribution in [0.3, 0.4) is 0 Å². The van der Waals surface area contributed by atoms with Crippen molar-refractivity contribution < 1.29 is 4.74 Å². The number of methoxy groups -OCH3 is 1. The Kier molecular flexibility index (Phi) is 4.59. The van der Waals surface area contributed by atoms with Gasteiger partial charge in [-0.25, -0.2) is 0 Å². The number of ether oxygens (including phenoxy) is 1. The number of para-hydroxylation sites is 1. The van der Waals surface area contributed by atoms with Gasteiger partial charge in [-0.2, -0.15) is 0 Å². The summed E-state index contributed by atoms with van der Waals surface area (Å²) in [4.78, 5) is 2.17. The molecule has 0 aliphatic rings. The van der Waals surface area contributed by atoms with E-state index >= 15 is 0 Å². The van der Waals surface area contributed by atoms with E-state index < -0.39 is 0 Å². The molecule has 3 heteroatoms. The maximum atomic E-state index is 5.91. The Labute approximate surface area is 91.8 Å². The molecular weight excluding hydrogens is 188 g/mol. The topological polar surface area (TPSA) is 38.5 Å². The summed E-state index contributed by atoms with van der Waals surface area (Å²) in [7, 11) is 3.73. The second-order valence-electron chi connectivity index (χ2n) is 3.88. The molecule has 84 valence electrons. The van der Waals surface area contributed by atoms with Crippen LogP contribution in [0.2, 0.25) is 0 Å². The molecule has 0 saturated carbocycles. The number of hydrogen-bond acceptors (Lipinski definition) is 3. The van der Waals surface area contributed by atoms with E-state index in [1.165, 1.54) is 11.3 Å². The minimum absolute atomic E-state index is 0.0552. The maximum Gasteiger partial charge on any atom is 0.0631 e. The van der Waals surface area contributed by atoms with Crippen LogP contribution in [0, 0.1) is 6.92 Å². The third kappa shape index (κ3) is 3.53. The van der Waals surface area contributed by atoms with Crippen molar-refractivity contribution in [1.82, 2.24) is 0 Å². The van der Waals surface area contributed by atoms with Gasteiger partial charge in [-0.15, -0.1) is 0 Å². The standard InChI is InChI=1S/C12H20N2O/c1-10-6-4-5-7-12(10)14(2)8-11(13)9-15-3/h4-7,11H,8-9,13H2,1-3H3. The number of likely N-dealkylation sites (N-methyl/N-ethyl adjacent to an activating group) is 1. The summed E-state index contributed by atoms with van der Waals surface area (Å²) in [6.45, 7) is 3.50. The van der Waals surface area contributed by atoms with Crippen molar-refractivity contribution in [2.45, 2.75) is 13.0 Å². The molecule has 2 N–H and O–H groups in total. The van der Waals surface area contributed by atoms with Gasteiger partial charge in [0.15, 0.2) is 0 Å². The number of anilines is 1. The SMILES string of the molecule is COCC(N)CN(C)c1ccccc1C. The van der Waals surface area contributed by atoms with E-state index in [1.807, 2.05) is 12.1 Å². The lowest BCUT2D eigenvalue weighted by Crippen LogP contribution is -2.38. The van der Waals surface area contributed by atoms with Crippen molar-refractivity contribution in [3.05, 3.63) is 29.8 Å². The first-order valence-electron chi connectivity index (χ1n) is 5.16. The summed E-state index contributed by atoms with van der Waals surface area (Å²) in [5.41, 5.74) is 8.40. The van der Waals surface area contributed by atoms with Gasteiger partial charge in [0.25, 0.3) is 0 Å². The zero-order chi connectivity index (χ0) is 11.3. The summed E-state index contributed by atoms with van der Waals surface area (Å²) < 4.78 is 5.02. The third-order valence-electron chi connectivity index (χ3n) is 2.42. The molecule has 1 aromatic rings. The number of aryl methyl sites for hydroxylation is 1. The fourth-order valence-corrected chi connectivity index (χ4v) is 1.71. The van der Waals surface area contributed by atoms with Gasteiger partial charge in [0.05, 0.1) is 6.61 Å². The second-order valence-corrected chi connectivity index (χ2v) is 3.88. The molecule has 0 radical (unpaired) electrons. The van der Waals surface area contributed by atoms with Gasteiger partial charge in [0.1, 0.15) is 0 Å². The van der Waals surface area contributed by atoms with Gasteiger partial charge in [0, 0.05) is 32.4 Å². The average Bonchev–Trinajstić information content (AvgIpc) is 2.18. The van der Waals surface area contributed by atoms with Crippen LogP contribution in [0.5, 0.6) is 0 Å². The lowest BCUT2D eigenvalue weighted by atomic mass is 10.2. The molecule has 0 fully saturated rings. The molecule has 0 aliphatic heterocycles. The van der Waals surface area contributed by atoms with E-state index in [9.17, 15) is 0 Å². The number of benzene rings is 1. The minimum atomic E-state index is 0.0552. The molecule has 3 nitrogen and oxygen atoms in total. The molecule has 0 heterocycles. The number of nitrogens with two attached hydrogens (primary N) is 1. The van der Waals surface area contributed by atoms with E-state index in [-0.39, 0.29) is 6.04 Å². The molecule has 1 aromatic carbocycles. The van der Waals surface area contributed by atoms with Crippen LogP contribution in [-0.4, -0.2) is 33.4 Å². The number of nitrogens with zero attached hydrogens (tertiary/aromatic N) is 1. The summed E-state index contributed by atoms with van der Waals surface area (Å²) >= 11 is 0. The van der Waals surface area contributed by atoms with Crippen LogP contribution in [0.4, 0.5) is 5.69 Å². The van der Waals surface area contributed by atoms with Gasteiger partial charge in [-0.1, -0.05) is 18.2 Å². The predicted molar refractivity (Wildman–Crippen MR) is 64.3 cm³/mol. The van der Waals surface area contributed by atoms with Crippen LogP contribution in [-0.2, 0) is 4.74 Å². The van der Waals surface area contributed by atoms with Crippen LogP contribution in [0.1, 0.15) is 5.56 Å². The van der Waals surface area contributed by atoms with Gasteiger partial charge >= 0.3 is 0 Å². The smallest absolute Gasteiger partial charge is 0.0631 e. The van der Waals surface area contributed by atoms with E-state index in [4.69, 9.17) is 10.5 Å². The van der Waals surface area contributed by atoms with Gasteiger partial charge in [-0.05, 0) is 18.6 Å². The van der Waals surface area contributed by atoms with Crippen LogP contribution in [0.25, 0.3) is 0 Å². The molecule has 0 aromatic heterocycles. The van der Waals surface area contributed by atoms with Crippen molar-refractivity contribution in [2.75, 3.05) is 32.2 Å². The van der Waals surface area contributed by atoms with Gasteiger partial charge < -0.3 is 15.4 Å². The molecule has 0 saturated heterocycles. The molecule has 0 spiro atoms. The lowest BCUT2D eigenvalue weighted by Gasteiger charge is -2.24. The largest absolute Gasteiger partial charge is 0.383 e. The summed E-state index contributed by atoms with van der Waals surface area (Å²) in [5, 5.41) is 0. The predicted octanol–water partition coefficient (Wildman–Crippen LogP) is 1.40. The summed E-state index contributed by atoms with van der Waals surface area (Å²) in [6.07, 6.45) is 0. The summed E-state index contributed by atoms with van der Waals surface area (Å²) in [5.74, 6) is 0. The Hall–Kier alpha value is -1.06. The summed E-state index contributed by atoms with van der Waals surface area (Å²) in [6, 6.07) is 8.35. The van der Waals surface area contributed by atoms with Crippen molar-refractivity contribution in [2.24, 2.45) is 5.73 Å². The normalized spacial score (nSPS) is 12.5. The van der Waals surface area contributed by atoms with E-state index in [0.717, 1.165) is 6.54 Å². The molecule has 0 amide bonds. The van der Waals surface area contributed by atoms with E-state index in [2.05, 4.69) is 31.0 Å². The van der Waals surface area contributed by atoms with Crippen LogP contribution in [0.15, 0.2) is 24.3 Å². The highest BCUT2D eigenvalue weighted by molar-refractivity contribution is 5.52. The van der Waals surface area contributed by atoms with Crippen molar-refractivity contribution in [1.29, 1.82) is 0 Å². The van der Waals surface area contributed by atoms with Crippen molar-refractivity contribution in [3.63, 3.8) is 0 Å². The fraction of sp³-hybridized carbons (Fsp3) is 0.500. The first-order valence-corrected chi connectivity index (χ1v) is 5.16. The zero-order valence-electron chi connectivity index (χ0n) is 9.73. The Morgan fingerprint density at radius 2 is 2.07 bits per heavy atom. The highest BCUT2D eigenvalue weighted by Crippen LogP contribution is 2.17. The monoisotopic (exact) mass is 208 g/mol. The Morgan fingerprint density at radius 3 is 2.67 bits per heavy atom. The molecule has 1 rings (SSSR count). The maximum absolute atomic E-state index is 5.91. The van der Waals surface area contributed by atoms with Gasteiger partial charge in [0.2, 0.25) is 0 Å². The minimum Gasteiger partial charge on any atom is -0.383 e. The first-order chi connectivity index (χ1) is 7.15. The highest BCUT2D eigenvalue weighted by Gasteiger charge is 2.08. The van der Waals surface area contributed by atoms with Gasteiger partial charge in [-0.3, -0.25) is 0 Å². The molecule has 1 atom stereocenters. The second kappa shape index (κ2) is 5.73. The Balaban J connectivity index is 2.61. The Bertz CT molecular complexity index is 301. The first kappa shape index (κ1) is 12.0. The quantitative estimate of drug-likeness (QED) is 0.795. The average molecular weight is 208 g/mol. The molecule has 15 heavy (non-hydrogen) atoms.